The van der Waals surface area contributed by atoms with Crippen LogP contribution in [0.4, 0.5) is 4.39 Å². The summed E-state index contributed by atoms with van der Waals surface area (Å²) in [6.07, 6.45) is 1.31. The van der Waals surface area contributed by atoms with E-state index in [4.69, 9.17) is 0 Å². The number of likely N-dealkylation sites (tertiary alicyclic amines) is 1. The van der Waals surface area contributed by atoms with Gasteiger partial charge in [0.2, 0.25) is 5.91 Å². The highest BCUT2D eigenvalue weighted by molar-refractivity contribution is 5.88. The van der Waals surface area contributed by atoms with Gasteiger partial charge in [-0.25, -0.2) is 4.39 Å². The zero-order valence-electron chi connectivity index (χ0n) is 13.2. The van der Waals surface area contributed by atoms with Crippen LogP contribution in [0.1, 0.15) is 11.6 Å². The number of hydrogen-bond donors (Lipinski definition) is 2. The van der Waals surface area contributed by atoms with Gasteiger partial charge in [0.15, 0.2) is 17.2 Å². The topological polar surface area (TPSA) is 82.1 Å². The zero-order valence-corrected chi connectivity index (χ0v) is 13.2. The molecule has 0 aliphatic carbocycles. The number of nitrogens with one attached hydrogen (secondary N) is 1. The number of phenolic OH excluding ortho intramolecular Hbond substituents is 1. The normalized spacial score (nSPS) is 14.5. The molecular formula is C18H15FN4O2. The molecule has 6 nitrogen and oxygen atoms in total. The fourth-order valence-electron chi connectivity index (χ4n) is 3.01. The van der Waals surface area contributed by atoms with Crippen molar-refractivity contribution in [3.05, 3.63) is 54.5 Å². The molecule has 2 aromatic heterocycles. The molecule has 3 aromatic rings. The summed E-state index contributed by atoms with van der Waals surface area (Å²) in [6, 6.07) is 7.99. The summed E-state index contributed by atoms with van der Waals surface area (Å²) < 4.78 is 13.5. The molecule has 7 heteroatoms. The van der Waals surface area contributed by atoms with E-state index in [2.05, 4.69) is 21.8 Å². The van der Waals surface area contributed by atoms with Crippen LogP contribution in [0.25, 0.3) is 22.3 Å². The first-order chi connectivity index (χ1) is 12.1. The number of nitrogens with zero attached hydrogens (tertiary/aromatic N) is 3. The Balaban J connectivity index is 1.63. The Labute approximate surface area is 142 Å². The SMILES string of the molecule is C=CC(=O)N1CC(c2cc3cc(-c4cccc(F)c4O)nnc3[nH]2)C1. The molecule has 0 atom stereocenters. The highest BCUT2D eigenvalue weighted by Gasteiger charge is 2.31. The number of carbonyl (C=O) groups is 1. The van der Waals surface area contributed by atoms with Crippen molar-refractivity contribution in [3.63, 3.8) is 0 Å². The van der Waals surface area contributed by atoms with Crippen LogP contribution in [0.2, 0.25) is 0 Å². The van der Waals surface area contributed by atoms with Gasteiger partial charge >= 0.3 is 0 Å². The molecule has 2 N–H and O–H groups in total. The van der Waals surface area contributed by atoms with Gasteiger partial charge in [0.25, 0.3) is 0 Å². The number of H-pyrrole nitrogens is 1. The average molecular weight is 338 g/mol. The van der Waals surface area contributed by atoms with E-state index in [0.717, 1.165) is 11.1 Å². The van der Waals surface area contributed by atoms with Crippen LogP contribution < -0.4 is 0 Å². The number of aromatic amines is 1. The summed E-state index contributed by atoms with van der Waals surface area (Å²) >= 11 is 0. The largest absolute Gasteiger partial charge is 0.504 e. The Morgan fingerprint density at radius 2 is 2.16 bits per heavy atom. The molecule has 1 fully saturated rings. The van der Waals surface area contributed by atoms with Gasteiger partial charge in [-0.3, -0.25) is 4.79 Å². The zero-order chi connectivity index (χ0) is 17.6. The third-order valence-corrected chi connectivity index (χ3v) is 4.47. The van der Waals surface area contributed by atoms with E-state index in [1.54, 1.807) is 17.0 Å². The van der Waals surface area contributed by atoms with Crippen LogP contribution >= 0.6 is 0 Å². The van der Waals surface area contributed by atoms with E-state index in [1.807, 2.05) is 6.07 Å². The van der Waals surface area contributed by atoms with Crippen molar-refractivity contribution in [1.82, 2.24) is 20.1 Å². The van der Waals surface area contributed by atoms with Crippen molar-refractivity contribution in [2.75, 3.05) is 13.1 Å². The Bertz CT molecular complexity index is 992. The second-order valence-electron chi connectivity index (χ2n) is 6.04. The molecule has 0 radical (unpaired) electrons. The maximum absolute atomic E-state index is 13.5. The molecule has 0 saturated carbocycles. The molecule has 1 amide bonds. The molecule has 25 heavy (non-hydrogen) atoms. The fraction of sp³-hybridized carbons (Fsp3) is 0.167. The first kappa shape index (κ1) is 15.3. The van der Waals surface area contributed by atoms with Gasteiger partial charge in [-0.15, -0.1) is 10.2 Å². The molecule has 0 bridgehead atoms. The minimum absolute atomic E-state index is 0.0731. The molecule has 1 aromatic carbocycles. The van der Waals surface area contributed by atoms with Crippen molar-refractivity contribution in [3.8, 4) is 17.0 Å². The number of amides is 1. The van der Waals surface area contributed by atoms with Crippen molar-refractivity contribution >= 4 is 16.9 Å². The number of fused-ring (bicyclic) bond motifs is 1. The fourth-order valence-corrected chi connectivity index (χ4v) is 3.01. The minimum Gasteiger partial charge on any atom is -0.504 e. The molecule has 126 valence electrons. The monoisotopic (exact) mass is 338 g/mol. The van der Waals surface area contributed by atoms with E-state index < -0.39 is 11.6 Å². The average Bonchev–Trinajstić information content (AvgIpc) is 2.98. The maximum Gasteiger partial charge on any atom is 0.245 e. The molecule has 3 heterocycles. The molecule has 0 spiro atoms. The van der Waals surface area contributed by atoms with Crippen LogP contribution in [0.15, 0.2) is 43.0 Å². The number of hydrogen-bond acceptors (Lipinski definition) is 4. The highest BCUT2D eigenvalue weighted by atomic mass is 19.1. The summed E-state index contributed by atoms with van der Waals surface area (Å²) in [5.41, 5.74) is 2.27. The Morgan fingerprint density at radius 3 is 2.92 bits per heavy atom. The third-order valence-electron chi connectivity index (χ3n) is 4.47. The van der Waals surface area contributed by atoms with E-state index in [9.17, 15) is 14.3 Å². The number of phenols is 1. The van der Waals surface area contributed by atoms with Gasteiger partial charge in [0.05, 0.1) is 5.69 Å². The number of carbonyl (C=O) groups excluding carboxylic acids is 1. The summed E-state index contributed by atoms with van der Waals surface area (Å²) in [5.74, 6) is -1.000. The third kappa shape index (κ3) is 2.53. The first-order valence-electron chi connectivity index (χ1n) is 7.82. The number of halogens is 1. The van der Waals surface area contributed by atoms with Gasteiger partial charge in [-0.2, -0.15) is 0 Å². The Kier molecular flexibility index (Phi) is 3.49. The van der Waals surface area contributed by atoms with Crippen LogP contribution in [0, 0.1) is 5.82 Å². The minimum atomic E-state index is -0.699. The van der Waals surface area contributed by atoms with Gasteiger partial charge in [-0.05, 0) is 30.3 Å². The summed E-state index contributed by atoms with van der Waals surface area (Å²) in [4.78, 5) is 16.4. The molecule has 0 unspecified atom stereocenters. The summed E-state index contributed by atoms with van der Waals surface area (Å²) in [7, 11) is 0. The van der Waals surface area contributed by atoms with E-state index in [1.165, 1.54) is 18.2 Å². The van der Waals surface area contributed by atoms with Gasteiger partial charge in [-0.1, -0.05) is 12.6 Å². The lowest BCUT2D eigenvalue weighted by molar-refractivity contribution is -0.130. The number of para-hydroxylation sites is 1. The highest BCUT2D eigenvalue weighted by Crippen LogP contribution is 2.32. The smallest absolute Gasteiger partial charge is 0.245 e. The molecule has 1 aliphatic heterocycles. The summed E-state index contributed by atoms with van der Waals surface area (Å²) in [6.45, 7) is 4.74. The number of aromatic hydroxyl groups is 1. The molecular weight excluding hydrogens is 323 g/mol. The van der Waals surface area contributed by atoms with Crippen LogP contribution in [0.5, 0.6) is 5.75 Å². The van der Waals surface area contributed by atoms with Crippen molar-refractivity contribution in [1.29, 1.82) is 0 Å². The lowest BCUT2D eigenvalue weighted by atomic mass is 9.96. The van der Waals surface area contributed by atoms with Gasteiger partial charge < -0.3 is 15.0 Å². The van der Waals surface area contributed by atoms with Crippen LogP contribution in [-0.2, 0) is 4.79 Å². The van der Waals surface area contributed by atoms with Gasteiger partial charge in [0, 0.05) is 35.7 Å². The van der Waals surface area contributed by atoms with Crippen molar-refractivity contribution in [2.24, 2.45) is 0 Å². The number of benzene rings is 1. The first-order valence-corrected chi connectivity index (χ1v) is 7.82. The standard InChI is InChI=1S/C18H15FN4O2/c1-2-16(24)23-8-11(9-23)14-6-10-7-15(21-22-18(10)20-14)12-4-3-5-13(19)17(12)25/h2-7,11,25H,1,8-9H2,(H,20,22). The van der Waals surface area contributed by atoms with Crippen molar-refractivity contribution in [2.45, 2.75) is 5.92 Å². The van der Waals surface area contributed by atoms with Crippen LogP contribution in [-0.4, -0.2) is 44.2 Å². The number of rotatable bonds is 3. The van der Waals surface area contributed by atoms with E-state index >= 15 is 0 Å². The lowest BCUT2D eigenvalue weighted by Crippen LogP contribution is -2.47. The lowest BCUT2D eigenvalue weighted by Gasteiger charge is -2.38. The van der Waals surface area contributed by atoms with Gasteiger partial charge in [0.1, 0.15) is 0 Å². The second kappa shape index (κ2) is 5.70. The predicted molar refractivity (Wildman–Crippen MR) is 90.5 cm³/mol. The maximum atomic E-state index is 13.5. The molecule has 1 aliphatic rings. The Morgan fingerprint density at radius 1 is 1.36 bits per heavy atom. The summed E-state index contributed by atoms with van der Waals surface area (Å²) in [5, 5.41) is 18.9. The molecule has 4 rings (SSSR count). The second-order valence-corrected chi connectivity index (χ2v) is 6.04. The quantitative estimate of drug-likeness (QED) is 0.719. The van der Waals surface area contributed by atoms with E-state index in [-0.39, 0.29) is 11.8 Å². The van der Waals surface area contributed by atoms with Crippen LogP contribution in [0.3, 0.4) is 0 Å². The van der Waals surface area contributed by atoms with E-state index in [0.29, 0.717) is 30.0 Å². The Hall–Kier alpha value is -3.22. The predicted octanol–water partition coefficient (Wildman–Crippen LogP) is 2.58. The van der Waals surface area contributed by atoms with Crippen molar-refractivity contribution < 1.29 is 14.3 Å². The number of aromatic nitrogens is 3. The molecule has 1 saturated heterocycles.